The first-order valence-electron chi connectivity index (χ1n) is 8.50. The zero-order chi connectivity index (χ0) is 18.4. The molecule has 1 aliphatic rings. The molecule has 1 aromatic heterocycles. The number of piperidine rings is 1. The third-order valence-electron chi connectivity index (χ3n) is 4.36. The first-order chi connectivity index (χ1) is 12.6. The van der Waals surface area contributed by atoms with Crippen LogP contribution in [-0.4, -0.2) is 40.2 Å². The highest BCUT2D eigenvalue weighted by Crippen LogP contribution is 2.23. The molecule has 2 heterocycles. The molecule has 1 aliphatic heterocycles. The maximum Gasteiger partial charge on any atom is 0.404 e. The number of anilines is 2. The molecule has 3 rings (SSSR count). The number of amides is 2. The standard InChI is InChI=1S/C18H21N5O3/c24-17(22-14-4-2-1-3-5-14)13-6-8-23(9-7-13)16-10-15(20-12-21-16)11-19-18(25)26/h1-5,10,12-13,19H,6-9,11H2,(H,22,24)(H,25,26). The Labute approximate surface area is 151 Å². The fraction of sp³-hybridized carbons (Fsp3) is 0.333. The summed E-state index contributed by atoms with van der Waals surface area (Å²) in [5.41, 5.74) is 1.42. The Hall–Kier alpha value is -3.16. The minimum atomic E-state index is -1.09. The molecule has 1 fully saturated rings. The summed E-state index contributed by atoms with van der Waals surface area (Å²) in [5, 5.41) is 13.9. The van der Waals surface area contributed by atoms with Crippen LogP contribution in [0.5, 0.6) is 0 Å². The molecule has 0 spiro atoms. The lowest BCUT2D eigenvalue weighted by Gasteiger charge is -2.32. The van der Waals surface area contributed by atoms with Gasteiger partial charge >= 0.3 is 6.09 Å². The van der Waals surface area contributed by atoms with E-state index in [9.17, 15) is 9.59 Å². The molecule has 0 aliphatic carbocycles. The SMILES string of the molecule is O=C(O)NCc1cc(N2CCC(C(=O)Nc3ccccc3)CC2)ncn1. The summed E-state index contributed by atoms with van der Waals surface area (Å²) in [6.45, 7) is 1.58. The van der Waals surface area contributed by atoms with E-state index < -0.39 is 6.09 Å². The molecule has 0 unspecified atom stereocenters. The average molecular weight is 355 g/mol. The van der Waals surface area contributed by atoms with Crippen molar-refractivity contribution in [3.05, 3.63) is 48.4 Å². The van der Waals surface area contributed by atoms with Crippen molar-refractivity contribution >= 4 is 23.5 Å². The van der Waals surface area contributed by atoms with Crippen molar-refractivity contribution in [2.45, 2.75) is 19.4 Å². The highest BCUT2D eigenvalue weighted by molar-refractivity contribution is 5.92. The van der Waals surface area contributed by atoms with Crippen LogP contribution in [0.2, 0.25) is 0 Å². The summed E-state index contributed by atoms with van der Waals surface area (Å²) in [5.74, 6) is 0.774. The van der Waals surface area contributed by atoms with Crippen molar-refractivity contribution in [3.8, 4) is 0 Å². The average Bonchev–Trinajstić information content (AvgIpc) is 2.67. The van der Waals surface area contributed by atoms with E-state index in [2.05, 4.69) is 25.5 Å². The van der Waals surface area contributed by atoms with Crippen LogP contribution in [0.25, 0.3) is 0 Å². The van der Waals surface area contributed by atoms with Crippen LogP contribution in [0, 0.1) is 5.92 Å². The summed E-state index contributed by atoms with van der Waals surface area (Å²) in [6.07, 6.45) is 1.83. The van der Waals surface area contributed by atoms with Gasteiger partial charge in [0, 0.05) is 30.8 Å². The Morgan fingerprint density at radius 3 is 2.58 bits per heavy atom. The molecule has 1 saturated heterocycles. The zero-order valence-electron chi connectivity index (χ0n) is 14.3. The molecular weight excluding hydrogens is 334 g/mol. The van der Waals surface area contributed by atoms with Gasteiger partial charge in [-0.05, 0) is 25.0 Å². The van der Waals surface area contributed by atoms with Gasteiger partial charge < -0.3 is 20.6 Å². The number of carbonyl (C=O) groups excluding carboxylic acids is 1. The highest BCUT2D eigenvalue weighted by atomic mass is 16.4. The molecule has 136 valence electrons. The summed E-state index contributed by atoms with van der Waals surface area (Å²) >= 11 is 0. The molecule has 0 atom stereocenters. The number of carboxylic acid groups (broad SMARTS) is 1. The monoisotopic (exact) mass is 355 g/mol. The Morgan fingerprint density at radius 1 is 1.15 bits per heavy atom. The number of hydrogen-bond donors (Lipinski definition) is 3. The minimum Gasteiger partial charge on any atom is -0.465 e. The Balaban J connectivity index is 1.54. The number of nitrogens with one attached hydrogen (secondary N) is 2. The number of carbonyl (C=O) groups is 2. The maximum absolute atomic E-state index is 12.4. The molecule has 0 radical (unpaired) electrons. The molecule has 8 nitrogen and oxygen atoms in total. The van der Waals surface area contributed by atoms with Crippen molar-refractivity contribution < 1.29 is 14.7 Å². The number of nitrogens with zero attached hydrogens (tertiary/aromatic N) is 3. The van der Waals surface area contributed by atoms with Crippen molar-refractivity contribution in [2.24, 2.45) is 5.92 Å². The molecule has 2 amide bonds. The van der Waals surface area contributed by atoms with E-state index in [1.165, 1.54) is 6.33 Å². The number of para-hydroxylation sites is 1. The maximum atomic E-state index is 12.4. The summed E-state index contributed by atoms with van der Waals surface area (Å²) in [4.78, 5) is 33.4. The first kappa shape index (κ1) is 17.7. The van der Waals surface area contributed by atoms with Gasteiger partial charge in [0.1, 0.15) is 12.1 Å². The molecule has 3 N–H and O–H groups in total. The largest absolute Gasteiger partial charge is 0.465 e. The summed E-state index contributed by atoms with van der Waals surface area (Å²) in [7, 11) is 0. The second-order valence-corrected chi connectivity index (χ2v) is 6.14. The van der Waals surface area contributed by atoms with E-state index in [1.54, 1.807) is 6.07 Å². The van der Waals surface area contributed by atoms with Crippen LogP contribution >= 0.6 is 0 Å². The van der Waals surface area contributed by atoms with Gasteiger partial charge in [-0.25, -0.2) is 14.8 Å². The van der Waals surface area contributed by atoms with Crippen molar-refractivity contribution in [3.63, 3.8) is 0 Å². The predicted octanol–water partition coefficient (Wildman–Crippen LogP) is 2.10. The van der Waals surface area contributed by atoms with E-state index in [0.29, 0.717) is 5.69 Å². The van der Waals surface area contributed by atoms with E-state index in [0.717, 1.165) is 37.4 Å². The fourth-order valence-corrected chi connectivity index (χ4v) is 2.96. The van der Waals surface area contributed by atoms with Crippen LogP contribution in [0.15, 0.2) is 42.7 Å². The van der Waals surface area contributed by atoms with Gasteiger partial charge in [-0.1, -0.05) is 18.2 Å². The van der Waals surface area contributed by atoms with Crippen LogP contribution in [0.1, 0.15) is 18.5 Å². The highest BCUT2D eigenvalue weighted by Gasteiger charge is 2.25. The second kappa shape index (κ2) is 8.28. The van der Waals surface area contributed by atoms with Gasteiger partial charge in [-0.2, -0.15) is 0 Å². The van der Waals surface area contributed by atoms with Gasteiger partial charge in [0.15, 0.2) is 0 Å². The van der Waals surface area contributed by atoms with Crippen molar-refractivity contribution in [2.75, 3.05) is 23.3 Å². The number of benzene rings is 1. The van der Waals surface area contributed by atoms with Crippen molar-refractivity contribution in [1.29, 1.82) is 0 Å². The van der Waals surface area contributed by atoms with Gasteiger partial charge in [-0.3, -0.25) is 4.79 Å². The van der Waals surface area contributed by atoms with E-state index in [-0.39, 0.29) is 18.4 Å². The van der Waals surface area contributed by atoms with Crippen molar-refractivity contribution in [1.82, 2.24) is 15.3 Å². The molecule has 2 aromatic rings. The normalized spacial score (nSPS) is 14.7. The fourth-order valence-electron chi connectivity index (χ4n) is 2.96. The number of hydrogen-bond acceptors (Lipinski definition) is 5. The Morgan fingerprint density at radius 2 is 1.88 bits per heavy atom. The number of rotatable bonds is 5. The Bertz CT molecular complexity index is 760. The predicted molar refractivity (Wildman–Crippen MR) is 96.9 cm³/mol. The molecule has 0 saturated carbocycles. The minimum absolute atomic E-state index is 0.0264. The third-order valence-corrected chi connectivity index (χ3v) is 4.36. The molecular formula is C18H21N5O3. The lowest BCUT2D eigenvalue weighted by atomic mass is 9.95. The van der Waals surface area contributed by atoms with E-state index in [1.807, 2.05) is 30.3 Å². The van der Waals surface area contributed by atoms with Crippen LogP contribution < -0.4 is 15.5 Å². The molecule has 1 aromatic carbocycles. The van der Waals surface area contributed by atoms with Crippen LogP contribution in [0.3, 0.4) is 0 Å². The third kappa shape index (κ3) is 4.69. The second-order valence-electron chi connectivity index (χ2n) is 6.14. The van der Waals surface area contributed by atoms with E-state index >= 15 is 0 Å². The molecule has 26 heavy (non-hydrogen) atoms. The quantitative estimate of drug-likeness (QED) is 0.758. The van der Waals surface area contributed by atoms with Gasteiger partial charge in [0.25, 0.3) is 0 Å². The Kier molecular flexibility index (Phi) is 5.62. The van der Waals surface area contributed by atoms with Gasteiger partial charge in [0.2, 0.25) is 5.91 Å². The van der Waals surface area contributed by atoms with Gasteiger partial charge in [0.05, 0.1) is 12.2 Å². The zero-order valence-corrected chi connectivity index (χ0v) is 14.3. The molecule has 8 heteroatoms. The lowest BCUT2D eigenvalue weighted by Crippen LogP contribution is -2.38. The molecule has 0 bridgehead atoms. The smallest absolute Gasteiger partial charge is 0.404 e. The van der Waals surface area contributed by atoms with E-state index in [4.69, 9.17) is 5.11 Å². The first-order valence-corrected chi connectivity index (χ1v) is 8.50. The summed E-state index contributed by atoms with van der Waals surface area (Å²) < 4.78 is 0. The number of aromatic nitrogens is 2. The lowest BCUT2D eigenvalue weighted by molar-refractivity contribution is -0.120. The van der Waals surface area contributed by atoms with Gasteiger partial charge in [-0.15, -0.1) is 0 Å². The van der Waals surface area contributed by atoms with Crippen LogP contribution in [-0.2, 0) is 11.3 Å². The van der Waals surface area contributed by atoms with Crippen LogP contribution in [0.4, 0.5) is 16.3 Å². The summed E-state index contributed by atoms with van der Waals surface area (Å²) in [6, 6.07) is 11.2. The topological polar surface area (TPSA) is 107 Å².